The molecule has 0 unspecified atom stereocenters. The fourth-order valence-electron chi connectivity index (χ4n) is 3.46. The van der Waals surface area contributed by atoms with Gasteiger partial charge in [-0.2, -0.15) is 0 Å². The van der Waals surface area contributed by atoms with Crippen molar-refractivity contribution in [3.05, 3.63) is 53.6 Å². The lowest BCUT2D eigenvalue weighted by Crippen LogP contribution is -2.58. The SMILES string of the molecule is O=C(CO)[N+]1(c2ccc(-c3ccccc3Cl)cc2)CCCCC1. The third kappa shape index (κ3) is 3.05. The molecule has 1 heterocycles. The summed E-state index contributed by atoms with van der Waals surface area (Å²) in [5, 5.41) is 10.1. The van der Waals surface area contributed by atoms with E-state index in [-0.39, 0.29) is 10.4 Å². The van der Waals surface area contributed by atoms with E-state index in [0.29, 0.717) is 5.02 Å². The summed E-state index contributed by atoms with van der Waals surface area (Å²) in [5.74, 6) is -0.116. The van der Waals surface area contributed by atoms with Gasteiger partial charge in [-0.15, -0.1) is 0 Å². The van der Waals surface area contributed by atoms with Crippen molar-refractivity contribution in [1.82, 2.24) is 4.48 Å². The van der Waals surface area contributed by atoms with Crippen molar-refractivity contribution in [2.75, 3.05) is 19.7 Å². The van der Waals surface area contributed by atoms with E-state index in [0.717, 1.165) is 49.2 Å². The predicted molar refractivity (Wildman–Crippen MR) is 94.4 cm³/mol. The summed E-state index contributed by atoms with van der Waals surface area (Å²) in [5.41, 5.74) is 2.98. The number of nitrogens with zero attached hydrogens (tertiary/aromatic N) is 1. The highest BCUT2D eigenvalue weighted by molar-refractivity contribution is 6.33. The van der Waals surface area contributed by atoms with E-state index < -0.39 is 6.61 Å². The van der Waals surface area contributed by atoms with Gasteiger partial charge < -0.3 is 5.11 Å². The molecule has 0 spiro atoms. The fraction of sp³-hybridized carbons (Fsp3) is 0.316. The van der Waals surface area contributed by atoms with Gasteiger partial charge in [0.05, 0.1) is 13.1 Å². The maximum absolute atomic E-state index is 12.4. The lowest BCUT2D eigenvalue weighted by molar-refractivity contribution is -0.134. The normalized spacial score (nSPS) is 17.0. The molecule has 120 valence electrons. The molecule has 23 heavy (non-hydrogen) atoms. The van der Waals surface area contributed by atoms with Crippen LogP contribution in [-0.2, 0) is 4.79 Å². The summed E-state index contributed by atoms with van der Waals surface area (Å²) in [6.45, 7) is 1.13. The minimum Gasteiger partial charge on any atom is -0.382 e. The molecule has 1 aliphatic rings. The van der Waals surface area contributed by atoms with E-state index in [9.17, 15) is 9.90 Å². The van der Waals surface area contributed by atoms with Crippen molar-refractivity contribution < 1.29 is 9.90 Å². The molecular formula is C19H21ClNO2+. The van der Waals surface area contributed by atoms with Gasteiger partial charge >= 0.3 is 5.91 Å². The summed E-state index contributed by atoms with van der Waals surface area (Å²) in [7, 11) is 0. The third-order valence-electron chi connectivity index (χ3n) is 4.74. The monoisotopic (exact) mass is 330 g/mol. The lowest BCUT2D eigenvalue weighted by atomic mass is 10.0. The van der Waals surface area contributed by atoms with Crippen molar-refractivity contribution in [1.29, 1.82) is 0 Å². The molecule has 4 heteroatoms. The maximum Gasteiger partial charge on any atom is 0.344 e. The fourth-order valence-corrected chi connectivity index (χ4v) is 3.71. The van der Waals surface area contributed by atoms with Gasteiger partial charge in [0.1, 0.15) is 5.69 Å². The van der Waals surface area contributed by atoms with Crippen molar-refractivity contribution in [2.24, 2.45) is 0 Å². The molecule has 2 aromatic carbocycles. The van der Waals surface area contributed by atoms with Crippen molar-refractivity contribution in [2.45, 2.75) is 19.3 Å². The Bertz CT molecular complexity index is 691. The van der Waals surface area contributed by atoms with Gasteiger partial charge in [-0.25, -0.2) is 9.28 Å². The molecule has 1 aliphatic heterocycles. The number of hydrogen-bond acceptors (Lipinski definition) is 2. The van der Waals surface area contributed by atoms with Crippen molar-refractivity contribution in [3.8, 4) is 11.1 Å². The number of halogens is 1. The van der Waals surface area contributed by atoms with Gasteiger partial charge in [-0.05, 0) is 43.0 Å². The van der Waals surface area contributed by atoms with Crippen LogP contribution in [0.5, 0.6) is 0 Å². The molecule has 0 aromatic heterocycles. The van der Waals surface area contributed by atoms with E-state index in [4.69, 9.17) is 11.6 Å². The number of aliphatic hydroxyl groups is 1. The summed E-state index contributed by atoms with van der Waals surface area (Å²) >= 11 is 6.26. The molecule has 3 rings (SSSR count). The molecule has 3 nitrogen and oxygen atoms in total. The summed E-state index contributed by atoms with van der Waals surface area (Å²) in [6.07, 6.45) is 3.17. The number of amides is 1. The standard InChI is InChI=1S/C19H21ClNO2/c20-18-7-3-2-6-17(18)15-8-10-16(11-9-15)21(19(23)14-22)12-4-1-5-13-21/h2-3,6-11,22H,1,4-5,12-14H2/q+1. The minimum absolute atomic E-state index is 0.116. The predicted octanol–water partition coefficient (Wildman–Crippen LogP) is 4.02. The van der Waals surface area contributed by atoms with Crippen molar-refractivity contribution in [3.63, 3.8) is 0 Å². The number of carbonyl (C=O) groups excluding carboxylic acids is 1. The van der Waals surface area contributed by atoms with E-state index in [1.54, 1.807) is 0 Å². The number of quaternary nitrogens is 1. The van der Waals surface area contributed by atoms with E-state index in [1.807, 2.05) is 48.5 Å². The molecule has 1 N–H and O–H groups in total. The molecule has 0 bridgehead atoms. The second kappa shape index (κ2) is 6.83. The van der Waals surface area contributed by atoms with Gasteiger partial charge in [-0.1, -0.05) is 29.8 Å². The third-order valence-corrected chi connectivity index (χ3v) is 5.07. The highest BCUT2D eigenvalue weighted by Gasteiger charge is 2.39. The van der Waals surface area contributed by atoms with Gasteiger partial charge in [0.15, 0.2) is 6.61 Å². The molecule has 1 amide bonds. The quantitative estimate of drug-likeness (QED) is 0.863. The van der Waals surface area contributed by atoms with Gasteiger partial charge in [-0.3, -0.25) is 0 Å². The Balaban J connectivity index is 1.97. The minimum atomic E-state index is -0.410. The summed E-state index contributed by atoms with van der Waals surface area (Å²) in [6, 6.07) is 15.7. The summed E-state index contributed by atoms with van der Waals surface area (Å²) < 4.78 is 0.263. The number of piperidine rings is 1. The largest absolute Gasteiger partial charge is 0.382 e. The van der Waals surface area contributed by atoms with Gasteiger partial charge in [0.2, 0.25) is 0 Å². The highest BCUT2D eigenvalue weighted by Crippen LogP contribution is 2.33. The molecule has 1 saturated heterocycles. The van der Waals surface area contributed by atoms with Crippen LogP contribution < -0.4 is 4.48 Å². The number of likely N-dealkylation sites (tertiary alicyclic amines) is 1. The van der Waals surface area contributed by atoms with E-state index in [1.165, 1.54) is 0 Å². The first-order valence-electron chi connectivity index (χ1n) is 8.04. The van der Waals surface area contributed by atoms with Gasteiger partial charge in [0, 0.05) is 22.7 Å². The number of rotatable bonds is 3. The zero-order valence-electron chi connectivity index (χ0n) is 13.0. The van der Waals surface area contributed by atoms with E-state index >= 15 is 0 Å². The smallest absolute Gasteiger partial charge is 0.344 e. The number of carbonyl (C=O) groups is 1. The highest BCUT2D eigenvalue weighted by atomic mass is 35.5. The zero-order valence-corrected chi connectivity index (χ0v) is 13.8. The van der Waals surface area contributed by atoms with Crippen LogP contribution >= 0.6 is 11.6 Å². The molecule has 0 radical (unpaired) electrons. The Labute approximate surface area is 141 Å². The van der Waals surface area contributed by atoms with Crippen LogP contribution in [0.3, 0.4) is 0 Å². The molecular weight excluding hydrogens is 310 g/mol. The van der Waals surface area contributed by atoms with Crippen LogP contribution in [0.1, 0.15) is 19.3 Å². The first kappa shape index (κ1) is 16.2. The average Bonchev–Trinajstić information content (AvgIpc) is 2.62. The molecule has 0 saturated carbocycles. The van der Waals surface area contributed by atoms with E-state index in [2.05, 4.69) is 0 Å². The number of benzene rings is 2. The Morgan fingerprint density at radius 3 is 2.26 bits per heavy atom. The Morgan fingerprint density at radius 1 is 1.00 bits per heavy atom. The summed E-state index contributed by atoms with van der Waals surface area (Å²) in [4.78, 5) is 12.4. The first-order chi connectivity index (χ1) is 11.2. The van der Waals surface area contributed by atoms with Crippen LogP contribution in [0.15, 0.2) is 48.5 Å². The Morgan fingerprint density at radius 2 is 1.65 bits per heavy atom. The molecule has 2 aromatic rings. The van der Waals surface area contributed by atoms with Crippen LogP contribution in [0.4, 0.5) is 5.69 Å². The molecule has 0 atom stereocenters. The van der Waals surface area contributed by atoms with Crippen LogP contribution in [0.2, 0.25) is 5.02 Å². The Kier molecular flexibility index (Phi) is 4.81. The first-order valence-corrected chi connectivity index (χ1v) is 8.42. The van der Waals surface area contributed by atoms with Crippen LogP contribution in [-0.4, -0.2) is 30.7 Å². The maximum atomic E-state index is 12.4. The zero-order chi connectivity index (χ0) is 16.3. The van der Waals surface area contributed by atoms with Crippen LogP contribution in [0, 0.1) is 0 Å². The lowest BCUT2D eigenvalue weighted by Gasteiger charge is -2.38. The molecule has 0 aliphatic carbocycles. The topological polar surface area (TPSA) is 37.3 Å². The van der Waals surface area contributed by atoms with Crippen molar-refractivity contribution >= 4 is 23.2 Å². The second-order valence-corrected chi connectivity index (χ2v) is 6.46. The number of aliphatic hydroxyl groups excluding tert-OH is 1. The second-order valence-electron chi connectivity index (χ2n) is 6.05. The van der Waals surface area contributed by atoms with Gasteiger partial charge in [0.25, 0.3) is 0 Å². The molecule has 1 fully saturated rings. The Hall–Kier alpha value is -1.68. The average molecular weight is 331 g/mol. The number of hydrogen-bond donors (Lipinski definition) is 1. The van der Waals surface area contributed by atoms with Crippen LogP contribution in [0.25, 0.3) is 11.1 Å².